The van der Waals surface area contributed by atoms with E-state index in [1.165, 1.54) is 12.1 Å². The predicted molar refractivity (Wildman–Crippen MR) is 41.6 cm³/mol. The van der Waals surface area contributed by atoms with Crippen LogP contribution in [0.1, 0.15) is 0 Å². The number of H-pyrrole nitrogens is 2. The van der Waals surface area contributed by atoms with Crippen LogP contribution in [0.5, 0.6) is 0 Å². The van der Waals surface area contributed by atoms with E-state index >= 15 is 0 Å². The Morgan fingerprint density at radius 1 is 1.33 bits per heavy atom. The Morgan fingerprint density at radius 2 is 2.17 bits per heavy atom. The second-order valence-corrected chi connectivity index (χ2v) is 2.31. The first-order chi connectivity index (χ1) is 5.77. The number of nitrogens with one attached hydrogen (secondary N) is 2. The molecule has 1 aliphatic heterocycles. The van der Waals surface area contributed by atoms with Gasteiger partial charge < -0.3 is 10.4 Å². The van der Waals surface area contributed by atoms with Crippen molar-refractivity contribution in [3.63, 3.8) is 0 Å². The first kappa shape index (κ1) is 6.71. The molecule has 0 saturated carbocycles. The van der Waals surface area contributed by atoms with Gasteiger partial charge in [-0.3, -0.25) is 5.10 Å². The fourth-order valence-electron chi connectivity index (χ4n) is 0.984. The third-order valence-electron chi connectivity index (χ3n) is 1.56. The number of aromatic nitrogens is 3. The first-order valence-corrected chi connectivity index (χ1v) is 3.27. The van der Waals surface area contributed by atoms with Crippen molar-refractivity contribution in [2.45, 2.75) is 0 Å². The van der Waals surface area contributed by atoms with Crippen molar-refractivity contribution >= 4 is 0 Å². The summed E-state index contributed by atoms with van der Waals surface area (Å²) in [5.74, 6) is 0. The van der Waals surface area contributed by atoms with Crippen molar-refractivity contribution in [1.82, 2.24) is 20.3 Å². The second-order valence-electron chi connectivity index (χ2n) is 2.31. The van der Waals surface area contributed by atoms with E-state index in [4.69, 9.17) is 0 Å². The molecule has 2 rings (SSSR count). The Labute approximate surface area is 66.7 Å². The molecule has 0 saturated heterocycles. The molecular weight excluding hydrogens is 160 g/mol. The molecule has 0 amide bonds. The van der Waals surface area contributed by atoms with Crippen LogP contribution in [0.15, 0.2) is 18.2 Å². The molecule has 62 valence electrons. The lowest BCUT2D eigenvalue weighted by molar-refractivity contribution is 0.950. The van der Waals surface area contributed by atoms with Gasteiger partial charge in [0.15, 0.2) is 0 Å². The van der Waals surface area contributed by atoms with Gasteiger partial charge in [-0.25, -0.2) is 5.21 Å². The minimum atomic E-state index is -0.444. The smallest absolute Gasteiger partial charge is 0.224 e. The average molecular weight is 165 g/mol. The summed E-state index contributed by atoms with van der Waals surface area (Å²) in [6.45, 7) is 0. The summed E-state index contributed by atoms with van der Waals surface area (Å²) in [7, 11) is 0. The summed E-state index contributed by atoms with van der Waals surface area (Å²) < 4.78 is 0. The van der Waals surface area contributed by atoms with E-state index in [0.717, 1.165) is 0 Å². The lowest BCUT2D eigenvalue weighted by atomic mass is 10.2. The zero-order valence-electron chi connectivity index (χ0n) is 5.94. The zero-order valence-corrected chi connectivity index (χ0v) is 5.94. The largest absolute Gasteiger partial charge is 0.612 e. The maximum absolute atomic E-state index is 10.3. The summed E-state index contributed by atoms with van der Waals surface area (Å²) in [5, 5.41) is 29.7. The molecule has 0 aromatic rings. The molecule has 0 fully saturated rings. The van der Waals surface area contributed by atoms with E-state index in [9.17, 15) is 10.4 Å². The lowest BCUT2D eigenvalue weighted by Gasteiger charge is -2.01. The van der Waals surface area contributed by atoms with Gasteiger partial charge in [0.1, 0.15) is 5.69 Å². The third-order valence-corrected chi connectivity index (χ3v) is 1.56. The van der Waals surface area contributed by atoms with Gasteiger partial charge in [-0.2, -0.15) is 10.0 Å². The molecule has 1 heterocycles. The third kappa shape index (κ3) is 0.895. The molecule has 6 heteroatoms. The molecule has 12 heavy (non-hydrogen) atoms. The van der Waals surface area contributed by atoms with Crippen LogP contribution in [0.4, 0.5) is 0 Å². The highest BCUT2D eigenvalue weighted by atomic mass is 16.8. The van der Waals surface area contributed by atoms with Crippen LogP contribution in [-0.2, 0) is 0 Å². The van der Waals surface area contributed by atoms with Crippen molar-refractivity contribution in [3.05, 3.63) is 34.0 Å². The van der Waals surface area contributed by atoms with Crippen LogP contribution in [0.3, 0.4) is 0 Å². The summed E-state index contributed by atoms with van der Waals surface area (Å²) >= 11 is 0. The molecule has 0 radical (unpaired) electrons. The second kappa shape index (κ2) is 2.26. The number of nitrogens with zero attached hydrogens (tertiary/aromatic N) is 2. The number of fused-ring (bicyclic) bond motifs is 1. The van der Waals surface area contributed by atoms with Gasteiger partial charge in [0.05, 0.1) is 5.69 Å². The van der Waals surface area contributed by atoms with Gasteiger partial charge in [-0.15, -0.1) is 0 Å². The fraction of sp³-hybridized carbons (Fsp3) is 0. The highest BCUT2D eigenvalue weighted by Crippen LogP contribution is 2.09. The van der Waals surface area contributed by atoms with Crippen LogP contribution in [0, 0.1) is 10.4 Å². The summed E-state index contributed by atoms with van der Waals surface area (Å²) in [6.07, 6.45) is 0. The van der Waals surface area contributed by atoms with Crippen LogP contribution in [0.2, 0.25) is 0 Å². The molecular formula is C6H5N4O2-. The highest BCUT2D eigenvalue weighted by Gasteiger charge is 2.04. The Hall–Kier alpha value is -1.98. The Balaban J connectivity index is 2.79. The van der Waals surface area contributed by atoms with Gasteiger partial charge in [-0.1, -0.05) is 0 Å². The van der Waals surface area contributed by atoms with Gasteiger partial charge in [0.25, 0.3) is 0 Å². The Kier molecular flexibility index (Phi) is 1.26. The van der Waals surface area contributed by atoms with Crippen molar-refractivity contribution in [3.8, 4) is 11.4 Å². The van der Waals surface area contributed by atoms with E-state index in [2.05, 4.69) is 15.4 Å². The highest BCUT2D eigenvalue weighted by molar-refractivity contribution is 5.53. The molecule has 2 N–H and O–H groups in total. The summed E-state index contributed by atoms with van der Waals surface area (Å²) in [5.41, 5.74) is 1.31. The van der Waals surface area contributed by atoms with Crippen molar-refractivity contribution in [2.24, 2.45) is 0 Å². The van der Waals surface area contributed by atoms with Gasteiger partial charge in [0.2, 0.25) is 5.36 Å². The lowest BCUT2D eigenvalue weighted by Crippen LogP contribution is -2.17. The molecule has 2 aliphatic rings. The molecule has 0 aromatic heterocycles. The van der Waals surface area contributed by atoms with E-state index in [1.54, 1.807) is 6.07 Å². The first-order valence-electron chi connectivity index (χ1n) is 3.27. The summed E-state index contributed by atoms with van der Waals surface area (Å²) in [4.78, 5) is -0.444. The monoisotopic (exact) mass is 165 g/mol. The number of hydrogen-bond acceptors (Lipinski definition) is 3. The number of benzene rings is 1. The zero-order chi connectivity index (χ0) is 8.55. The molecule has 0 spiro atoms. The Bertz CT molecular complexity index is 425. The van der Waals surface area contributed by atoms with E-state index in [-0.39, 0.29) is 5.36 Å². The minimum absolute atomic E-state index is 0.0557. The normalized spacial score (nSPS) is 10.3. The Morgan fingerprint density at radius 3 is 2.92 bits per heavy atom. The molecule has 1 aliphatic carbocycles. The standard InChI is InChI=1S/C6H5N4O2/c11-10(12)4-1-2-5-6(3-4)8-9-7-5/h1-3,8-9H/q-1. The van der Waals surface area contributed by atoms with Crippen molar-refractivity contribution in [2.75, 3.05) is 0 Å². The van der Waals surface area contributed by atoms with Crippen molar-refractivity contribution in [1.29, 1.82) is 0 Å². The maximum Gasteiger partial charge on any atom is 0.224 e. The summed E-state index contributed by atoms with van der Waals surface area (Å²) in [6, 6.07) is 4.43. The van der Waals surface area contributed by atoms with Crippen LogP contribution in [0.25, 0.3) is 11.4 Å². The van der Waals surface area contributed by atoms with Crippen LogP contribution >= 0.6 is 0 Å². The molecule has 0 atom stereocenters. The SMILES string of the molecule is [O-][N+]([O-])=c1ccc2n[nH][nH]c-2c1. The van der Waals surface area contributed by atoms with E-state index < -0.39 is 4.90 Å². The predicted octanol–water partition coefficient (Wildman–Crippen LogP) is -0.390. The van der Waals surface area contributed by atoms with Crippen LogP contribution < -0.4 is 10.3 Å². The van der Waals surface area contributed by atoms with Crippen LogP contribution in [-0.4, -0.2) is 15.4 Å². The molecule has 6 nitrogen and oxygen atoms in total. The van der Waals surface area contributed by atoms with Gasteiger partial charge in [-0.05, 0) is 6.07 Å². The molecule has 0 aromatic carbocycles. The average Bonchev–Trinajstić information content (AvgIpc) is 2.49. The molecule has 0 unspecified atom stereocenters. The molecule has 0 bridgehead atoms. The number of hydrogen-bond donors (Lipinski definition) is 2. The number of aromatic amines is 2. The van der Waals surface area contributed by atoms with Gasteiger partial charge in [0, 0.05) is 12.1 Å². The topological polar surface area (TPSA) is 93.6 Å². The van der Waals surface area contributed by atoms with Crippen molar-refractivity contribution < 1.29 is 0 Å². The van der Waals surface area contributed by atoms with Gasteiger partial charge >= 0.3 is 0 Å². The maximum atomic E-state index is 10.3. The van der Waals surface area contributed by atoms with E-state index in [1.807, 2.05) is 0 Å². The van der Waals surface area contributed by atoms with E-state index in [0.29, 0.717) is 11.4 Å². The number of rotatable bonds is 0. The minimum Gasteiger partial charge on any atom is -0.612 e. The quantitative estimate of drug-likeness (QED) is 0.520. The fourth-order valence-corrected chi connectivity index (χ4v) is 0.984.